The van der Waals surface area contributed by atoms with Crippen LogP contribution in [0, 0.1) is 29.6 Å². The van der Waals surface area contributed by atoms with E-state index >= 15 is 0 Å². The number of ether oxygens (including phenoxy) is 5. The minimum Gasteiger partial charge on any atom is -0.497 e. The monoisotopic (exact) mass is 1390 g/mol. The van der Waals surface area contributed by atoms with E-state index in [1.165, 1.54) is 0 Å². The van der Waals surface area contributed by atoms with Crippen LogP contribution in [0.25, 0.3) is 88.7 Å². The number of fused-ring (bicyclic) bond motifs is 6. The van der Waals surface area contributed by atoms with Crippen molar-refractivity contribution in [2.24, 2.45) is 29.6 Å². The molecule has 2 aliphatic carbocycles. The number of rotatable bonds is 18. The average molecular weight is 1390 g/mol. The van der Waals surface area contributed by atoms with Crippen molar-refractivity contribution in [3.8, 4) is 73.3 Å². The van der Waals surface area contributed by atoms with Crippen LogP contribution >= 0.6 is 0 Å². The highest BCUT2D eigenvalue weighted by atomic mass is 16.7. The van der Waals surface area contributed by atoms with E-state index in [2.05, 4.69) is 92.0 Å². The fourth-order valence-electron chi connectivity index (χ4n) is 17.0. The molecule has 104 heavy (non-hydrogen) atoms. The molecule has 2 unspecified atom stereocenters. The fourth-order valence-corrected chi connectivity index (χ4v) is 17.0. The van der Waals surface area contributed by atoms with Crippen molar-refractivity contribution in [1.82, 2.24) is 60.4 Å². The molecule has 12 aromatic rings. The first-order chi connectivity index (χ1) is 50.7. The van der Waals surface area contributed by atoms with Gasteiger partial charge in [-0.2, -0.15) is 45.9 Å². The molecule has 5 aliphatic heterocycles. The normalized spacial score (nSPS) is 23.5. The second kappa shape index (κ2) is 24.7. The molecule has 29 heteroatoms. The SMILES string of the molecule is COc1cc(-n2cc(Nc3cnnc4cc(-c5cc6c(cc5-c5cc[nH]n5)OCCOB6O)ccc34)cn2)c(-c2ccc3c(N)cnnc3c2)cc1B1O[C@]2(C3CC3)COC[C@]2(C2CC2COc2cc(-n3cccn3)c(-c3ccc4c(N)cnnc4c3)cc2B2O[C@]3(C(C)C)COC[C@]3(C(C)C)O2)O1. The Labute approximate surface area is 597 Å². The van der Waals surface area contributed by atoms with E-state index in [1.54, 1.807) is 44.3 Å². The van der Waals surface area contributed by atoms with Gasteiger partial charge in [-0.05, 0) is 138 Å². The Kier molecular flexibility index (Phi) is 15.3. The largest absolute Gasteiger partial charge is 0.498 e. The summed E-state index contributed by atoms with van der Waals surface area (Å²) >= 11 is 0. The van der Waals surface area contributed by atoms with Gasteiger partial charge in [0.1, 0.15) is 46.3 Å². The van der Waals surface area contributed by atoms with Gasteiger partial charge >= 0.3 is 21.4 Å². The smallest absolute Gasteiger partial charge is 0.497 e. The molecule has 19 rings (SSSR count). The number of anilines is 4. The van der Waals surface area contributed by atoms with Crippen LogP contribution in [0.5, 0.6) is 17.2 Å². The number of aromatic amines is 1. The van der Waals surface area contributed by atoms with Crippen LogP contribution in [0.2, 0.25) is 0 Å². The predicted molar refractivity (Wildman–Crippen MR) is 392 cm³/mol. The van der Waals surface area contributed by atoms with Crippen LogP contribution < -0.4 is 47.4 Å². The van der Waals surface area contributed by atoms with Gasteiger partial charge in [0, 0.05) is 80.0 Å². The van der Waals surface area contributed by atoms with Gasteiger partial charge in [-0.3, -0.25) is 5.10 Å². The summed E-state index contributed by atoms with van der Waals surface area (Å²) in [6, 6.07) is 33.8. The van der Waals surface area contributed by atoms with Crippen molar-refractivity contribution in [3.63, 3.8) is 0 Å². The summed E-state index contributed by atoms with van der Waals surface area (Å²) in [5.41, 5.74) is 24.1. The topological polar surface area (TPSA) is 318 Å². The number of aromatic nitrogens is 12. The molecule has 0 amide bonds. The summed E-state index contributed by atoms with van der Waals surface area (Å²) in [6.07, 6.45) is 16.7. The van der Waals surface area contributed by atoms with Crippen molar-refractivity contribution < 1.29 is 52.0 Å². The highest BCUT2D eigenvalue weighted by Crippen LogP contribution is 2.65. The third kappa shape index (κ3) is 10.3. The maximum atomic E-state index is 11.0. The summed E-state index contributed by atoms with van der Waals surface area (Å²) in [7, 11) is -1.17. The molecule has 6 aromatic carbocycles. The zero-order chi connectivity index (χ0) is 70.4. The molecule has 6 atom stereocenters. The van der Waals surface area contributed by atoms with Crippen molar-refractivity contribution in [2.45, 2.75) is 69.4 Å². The summed E-state index contributed by atoms with van der Waals surface area (Å²) in [4.78, 5) is 0. The number of nitrogens with one attached hydrogen (secondary N) is 2. The van der Waals surface area contributed by atoms with Gasteiger partial charge < -0.3 is 68.8 Å². The van der Waals surface area contributed by atoms with E-state index < -0.39 is 43.8 Å². The Morgan fingerprint density at radius 1 is 0.644 bits per heavy atom. The lowest BCUT2D eigenvalue weighted by atomic mass is 9.72. The van der Waals surface area contributed by atoms with Gasteiger partial charge in [-0.1, -0.05) is 52.0 Å². The number of hydrogen-bond acceptors (Lipinski definition) is 23. The summed E-state index contributed by atoms with van der Waals surface area (Å²) in [6.45, 7) is 11.1. The van der Waals surface area contributed by atoms with E-state index in [0.29, 0.717) is 118 Å². The molecule has 26 nitrogen and oxygen atoms in total. The van der Waals surface area contributed by atoms with Crippen LogP contribution in [-0.2, 0) is 32.7 Å². The molecule has 4 saturated heterocycles. The van der Waals surface area contributed by atoms with Crippen molar-refractivity contribution in [3.05, 3.63) is 153 Å². The Morgan fingerprint density at radius 3 is 1.92 bits per heavy atom. The maximum Gasteiger partial charge on any atom is 0.498 e. The summed E-state index contributed by atoms with van der Waals surface area (Å²) in [5, 5.41) is 60.7. The molecule has 6 aromatic heterocycles. The molecular weight excluding hydrogens is 1320 g/mol. The van der Waals surface area contributed by atoms with Gasteiger partial charge in [-0.25, -0.2) is 9.36 Å². The fraction of sp³-hybridized carbons (Fsp3) is 0.320. The standard InChI is InChI=1S/C75H72B3N15O11/c1-41(2)72-37-96-38-73(72,42(3)4)102-78(101-72)59-27-53(44-7-12-49-60(79)32-82-89-63(49)23-44)67(92-18-6-16-85-92)30-71(59)99-36-46-21-56(46)75-40-97-39-74(75,47-10-11-47)103-77(104-75)58-26-54(45-8-13-50-61(80)33-83-90-64(50)24-45)68(29-69(58)95-5)93-35-48(31-86-93)87-66-34-84-91-65-22-43(9-14-51(65)66)52-25-57-70(98-19-20-100-76(57)94)28-55(52)62-15-17-81-88-62/h6-9,12-18,22-35,41-42,46-47,56,94H,10-11,19-21,36-40H2,1-5H3,(H2,79,89)(H2,80,90)(H,81,88)(H,87,91)/t46?,56?,72-,73+,74-,75+/m0/s1. The van der Waals surface area contributed by atoms with Crippen LogP contribution in [0.1, 0.15) is 47.0 Å². The molecule has 522 valence electrons. The zero-order valence-corrected chi connectivity index (χ0v) is 57.7. The van der Waals surface area contributed by atoms with E-state index in [9.17, 15) is 5.02 Å². The number of methoxy groups -OCH3 is 1. The van der Waals surface area contributed by atoms with E-state index in [0.717, 1.165) is 85.5 Å². The molecular formula is C75H72B3N15O11. The first kappa shape index (κ1) is 64.5. The van der Waals surface area contributed by atoms with E-state index in [4.69, 9.17) is 68.6 Å². The minimum absolute atomic E-state index is 0.00177. The molecule has 6 fully saturated rings. The first-order valence-electron chi connectivity index (χ1n) is 35.3. The predicted octanol–water partition coefficient (Wildman–Crippen LogP) is 8.23. The highest BCUT2D eigenvalue weighted by Gasteiger charge is 2.77. The van der Waals surface area contributed by atoms with Gasteiger partial charge in [-0.15, -0.1) is 0 Å². The van der Waals surface area contributed by atoms with Crippen LogP contribution in [-0.4, -0.2) is 162 Å². The third-order valence-corrected chi connectivity index (χ3v) is 22.6. The van der Waals surface area contributed by atoms with Crippen molar-refractivity contribution >= 4 is 93.2 Å². The number of benzene rings is 6. The van der Waals surface area contributed by atoms with Crippen molar-refractivity contribution in [2.75, 3.05) is 70.1 Å². The molecule has 0 spiro atoms. The van der Waals surface area contributed by atoms with E-state index in [-0.39, 0.29) is 36.2 Å². The number of H-pyrrole nitrogens is 1. The van der Waals surface area contributed by atoms with E-state index in [1.807, 2.05) is 107 Å². The first-order valence-corrected chi connectivity index (χ1v) is 35.3. The van der Waals surface area contributed by atoms with Crippen LogP contribution in [0.3, 0.4) is 0 Å². The van der Waals surface area contributed by atoms with Gasteiger partial charge in [0.2, 0.25) is 0 Å². The number of nitrogens with zero attached hydrogens (tertiary/aromatic N) is 11. The maximum absolute atomic E-state index is 11.0. The Hall–Kier alpha value is -10.4. The quantitative estimate of drug-likeness (QED) is 0.0505. The molecule has 0 bridgehead atoms. The Balaban J connectivity index is 0.650. The lowest BCUT2D eigenvalue weighted by Crippen LogP contribution is -2.57. The average Bonchev–Trinajstić information content (AvgIpc) is 1.52. The highest BCUT2D eigenvalue weighted by molar-refractivity contribution is 6.64. The second-order valence-electron chi connectivity index (χ2n) is 29.0. The lowest BCUT2D eigenvalue weighted by molar-refractivity contribution is -0.0681. The molecule has 7 aliphatic rings. The second-order valence-corrected chi connectivity index (χ2v) is 29.0. The molecule has 2 saturated carbocycles. The third-order valence-electron chi connectivity index (χ3n) is 22.6. The zero-order valence-electron chi connectivity index (χ0n) is 57.7. The minimum atomic E-state index is -1.17. The Bertz CT molecular complexity index is 5360. The summed E-state index contributed by atoms with van der Waals surface area (Å²) < 4.78 is 71.7. The van der Waals surface area contributed by atoms with Crippen LogP contribution in [0.15, 0.2) is 153 Å². The summed E-state index contributed by atoms with van der Waals surface area (Å²) in [5.74, 6) is 2.05. The van der Waals surface area contributed by atoms with Gasteiger partial charge in [0.25, 0.3) is 0 Å². The van der Waals surface area contributed by atoms with Crippen LogP contribution in [0.4, 0.5) is 22.7 Å². The number of nitrogen functional groups attached to an aromatic ring is 2. The molecule has 0 radical (unpaired) electrons. The molecule has 7 N–H and O–H groups in total. The number of hydrogen-bond donors (Lipinski definition) is 5. The number of nitrogens with two attached hydrogens (primary N) is 2. The van der Waals surface area contributed by atoms with Gasteiger partial charge in [0.05, 0.1) is 134 Å². The van der Waals surface area contributed by atoms with Crippen molar-refractivity contribution in [1.29, 1.82) is 0 Å². The molecule has 11 heterocycles. The Morgan fingerprint density at radius 2 is 1.26 bits per heavy atom. The van der Waals surface area contributed by atoms with Gasteiger partial charge in [0.15, 0.2) is 0 Å². The lowest BCUT2D eigenvalue weighted by Gasteiger charge is -2.42.